The average molecular weight is 272 g/mol. The third-order valence-electron chi connectivity index (χ3n) is 2.52. The molecule has 0 amide bonds. The van der Waals surface area contributed by atoms with Gasteiger partial charge in [-0.05, 0) is 37.1 Å². The zero-order valence-corrected chi connectivity index (χ0v) is 11.4. The summed E-state index contributed by atoms with van der Waals surface area (Å²) in [6.07, 6.45) is 2.31. The predicted molar refractivity (Wildman–Crippen MR) is 70.6 cm³/mol. The fourth-order valence-electron chi connectivity index (χ4n) is 1.45. The van der Waals surface area contributed by atoms with E-state index in [2.05, 4.69) is 6.92 Å². The minimum atomic E-state index is -3.28. The molecular weight excluding hydrogens is 252 g/mol. The van der Waals surface area contributed by atoms with E-state index in [0.717, 1.165) is 12.8 Å². The molecule has 1 aromatic carbocycles. The summed E-state index contributed by atoms with van der Waals surface area (Å²) in [5.41, 5.74) is 0. The van der Waals surface area contributed by atoms with Crippen LogP contribution in [0.5, 0.6) is 5.75 Å². The third kappa shape index (κ3) is 4.66. The smallest absolute Gasteiger partial charge is 0.178 e. The highest BCUT2D eigenvalue weighted by molar-refractivity contribution is 7.91. The number of aliphatic hydroxyl groups is 1. The first kappa shape index (κ1) is 15.0. The molecule has 0 unspecified atom stereocenters. The fourth-order valence-corrected chi connectivity index (χ4v) is 2.75. The zero-order chi connectivity index (χ0) is 13.4. The van der Waals surface area contributed by atoms with Crippen molar-refractivity contribution >= 4 is 9.84 Å². The van der Waals surface area contributed by atoms with Crippen LogP contribution in [0, 0.1) is 0 Å². The Hall–Kier alpha value is -1.07. The van der Waals surface area contributed by atoms with Crippen molar-refractivity contribution in [2.75, 3.05) is 19.0 Å². The molecule has 0 heterocycles. The van der Waals surface area contributed by atoms with Gasteiger partial charge in [0.1, 0.15) is 5.75 Å². The lowest BCUT2D eigenvalue weighted by Crippen LogP contribution is -2.08. The zero-order valence-electron chi connectivity index (χ0n) is 10.6. The number of rotatable bonds is 8. The van der Waals surface area contributed by atoms with Gasteiger partial charge in [0, 0.05) is 6.61 Å². The molecule has 18 heavy (non-hydrogen) atoms. The van der Waals surface area contributed by atoms with Crippen molar-refractivity contribution in [1.82, 2.24) is 0 Å². The Kier molecular flexibility index (Phi) is 6.15. The molecule has 5 heteroatoms. The molecule has 4 nitrogen and oxygen atoms in total. The second kappa shape index (κ2) is 7.38. The molecule has 0 spiro atoms. The monoisotopic (exact) mass is 272 g/mol. The predicted octanol–water partition coefficient (Wildman–Crippen LogP) is 2.02. The van der Waals surface area contributed by atoms with Crippen LogP contribution in [0.3, 0.4) is 0 Å². The third-order valence-corrected chi connectivity index (χ3v) is 4.34. The first-order valence-corrected chi connectivity index (χ1v) is 7.82. The van der Waals surface area contributed by atoms with E-state index in [-0.39, 0.29) is 23.7 Å². The lowest BCUT2D eigenvalue weighted by atomic mass is 10.3. The molecule has 1 N–H and O–H groups in total. The van der Waals surface area contributed by atoms with Gasteiger partial charge in [-0.3, -0.25) is 0 Å². The maximum atomic E-state index is 11.8. The lowest BCUT2D eigenvalue weighted by Gasteiger charge is -2.07. The van der Waals surface area contributed by atoms with Crippen molar-refractivity contribution < 1.29 is 18.3 Å². The van der Waals surface area contributed by atoms with Gasteiger partial charge in [-0.15, -0.1) is 0 Å². The molecule has 0 radical (unpaired) electrons. The Morgan fingerprint density at radius 2 is 1.83 bits per heavy atom. The summed E-state index contributed by atoms with van der Waals surface area (Å²) in [7, 11) is -3.28. The van der Waals surface area contributed by atoms with Gasteiger partial charge in [-0.2, -0.15) is 0 Å². The summed E-state index contributed by atoms with van der Waals surface area (Å²) in [6, 6.07) is 6.44. The van der Waals surface area contributed by atoms with E-state index in [9.17, 15) is 8.42 Å². The Balaban J connectivity index is 2.64. The van der Waals surface area contributed by atoms with E-state index < -0.39 is 9.84 Å². The Labute approximate surface area is 109 Å². The van der Waals surface area contributed by atoms with Crippen LogP contribution >= 0.6 is 0 Å². The number of benzene rings is 1. The molecule has 0 atom stereocenters. The first-order valence-electron chi connectivity index (χ1n) is 6.16. The van der Waals surface area contributed by atoms with Gasteiger partial charge in [0.2, 0.25) is 0 Å². The standard InChI is InChI=1S/C13H20O4S/c1-2-3-10-17-12-5-7-13(8-6-12)18(15,16)11-4-9-14/h5-8,14H,2-4,9-11H2,1H3. The molecule has 0 fully saturated rings. The molecule has 1 rings (SSSR count). The summed E-state index contributed by atoms with van der Waals surface area (Å²) in [5.74, 6) is 0.657. The highest BCUT2D eigenvalue weighted by Crippen LogP contribution is 2.17. The van der Waals surface area contributed by atoms with Crippen molar-refractivity contribution in [3.63, 3.8) is 0 Å². The molecular formula is C13H20O4S. The average Bonchev–Trinajstić information content (AvgIpc) is 2.37. The molecule has 0 aromatic heterocycles. The minimum absolute atomic E-state index is 0.0282. The summed E-state index contributed by atoms with van der Waals surface area (Å²) in [4.78, 5) is 0.277. The van der Waals surface area contributed by atoms with Crippen molar-refractivity contribution in [3.05, 3.63) is 24.3 Å². The number of hydrogen-bond donors (Lipinski definition) is 1. The largest absolute Gasteiger partial charge is 0.494 e. The van der Waals surface area contributed by atoms with Crippen LogP contribution in [0.1, 0.15) is 26.2 Å². The molecule has 0 saturated heterocycles. The number of sulfone groups is 1. The van der Waals surface area contributed by atoms with Gasteiger partial charge in [0.05, 0.1) is 17.3 Å². The van der Waals surface area contributed by atoms with Gasteiger partial charge in [0.25, 0.3) is 0 Å². The molecule has 0 aliphatic rings. The van der Waals surface area contributed by atoms with Crippen LogP contribution in [0.25, 0.3) is 0 Å². The van der Waals surface area contributed by atoms with Crippen LogP contribution in [0.2, 0.25) is 0 Å². The molecule has 0 aliphatic heterocycles. The Morgan fingerprint density at radius 1 is 1.17 bits per heavy atom. The Morgan fingerprint density at radius 3 is 2.39 bits per heavy atom. The van der Waals surface area contributed by atoms with E-state index in [4.69, 9.17) is 9.84 Å². The Bertz CT molecular complexity index is 437. The summed E-state index contributed by atoms with van der Waals surface area (Å²) >= 11 is 0. The first-order chi connectivity index (χ1) is 8.60. The van der Waals surface area contributed by atoms with Crippen LogP contribution in [0.15, 0.2) is 29.2 Å². The highest BCUT2D eigenvalue weighted by Gasteiger charge is 2.13. The second-order valence-electron chi connectivity index (χ2n) is 4.07. The van der Waals surface area contributed by atoms with Crippen molar-refractivity contribution in [1.29, 1.82) is 0 Å². The van der Waals surface area contributed by atoms with Gasteiger partial charge in [-0.1, -0.05) is 13.3 Å². The highest BCUT2D eigenvalue weighted by atomic mass is 32.2. The SMILES string of the molecule is CCCCOc1ccc(S(=O)(=O)CCCO)cc1. The van der Waals surface area contributed by atoms with Gasteiger partial charge in [0.15, 0.2) is 9.84 Å². The summed E-state index contributed by atoms with van der Waals surface area (Å²) in [5, 5.41) is 8.66. The van der Waals surface area contributed by atoms with Crippen LogP contribution < -0.4 is 4.74 Å². The van der Waals surface area contributed by atoms with E-state index in [1.807, 2.05) is 0 Å². The number of unbranched alkanes of at least 4 members (excludes halogenated alkanes) is 1. The summed E-state index contributed by atoms with van der Waals surface area (Å²) in [6.45, 7) is 2.62. The normalized spacial score (nSPS) is 11.4. The number of hydrogen-bond acceptors (Lipinski definition) is 4. The maximum absolute atomic E-state index is 11.8. The second-order valence-corrected chi connectivity index (χ2v) is 6.18. The van der Waals surface area contributed by atoms with Gasteiger partial charge in [-0.25, -0.2) is 8.42 Å². The van der Waals surface area contributed by atoms with E-state index in [1.165, 1.54) is 0 Å². The van der Waals surface area contributed by atoms with Crippen molar-refractivity contribution in [3.8, 4) is 5.75 Å². The van der Waals surface area contributed by atoms with E-state index in [1.54, 1.807) is 24.3 Å². The van der Waals surface area contributed by atoms with Gasteiger partial charge < -0.3 is 9.84 Å². The topological polar surface area (TPSA) is 63.6 Å². The summed E-state index contributed by atoms with van der Waals surface area (Å²) < 4.78 is 29.1. The quantitative estimate of drug-likeness (QED) is 0.735. The molecule has 0 aliphatic carbocycles. The van der Waals surface area contributed by atoms with E-state index in [0.29, 0.717) is 12.4 Å². The molecule has 0 bridgehead atoms. The van der Waals surface area contributed by atoms with Crippen LogP contribution in [-0.4, -0.2) is 32.5 Å². The number of ether oxygens (including phenoxy) is 1. The lowest BCUT2D eigenvalue weighted by molar-refractivity contribution is 0.295. The van der Waals surface area contributed by atoms with Crippen LogP contribution in [0.4, 0.5) is 0 Å². The van der Waals surface area contributed by atoms with Crippen molar-refractivity contribution in [2.45, 2.75) is 31.1 Å². The van der Waals surface area contributed by atoms with Crippen LogP contribution in [-0.2, 0) is 9.84 Å². The maximum Gasteiger partial charge on any atom is 0.178 e. The fraction of sp³-hybridized carbons (Fsp3) is 0.538. The molecule has 0 saturated carbocycles. The van der Waals surface area contributed by atoms with E-state index >= 15 is 0 Å². The molecule has 1 aromatic rings. The van der Waals surface area contributed by atoms with Crippen molar-refractivity contribution in [2.24, 2.45) is 0 Å². The molecule has 102 valence electrons. The number of aliphatic hydroxyl groups excluding tert-OH is 1. The van der Waals surface area contributed by atoms with Gasteiger partial charge >= 0.3 is 0 Å². The minimum Gasteiger partial charge on any atom is -0.494 e.